The van der Waals surface area contributed by atoms with Gasteiger partial charge in [0.15, 0.2) is 0 Å². The van der Waals surface area contributed by atoms with Crippen LogP contribution >= 0.6 is 7.82 Å². The molecule has 0 aromatic heterocycles. The van der Waals surface area contributed by atoms with Crippen LogP contribution in [0.25, 0.3) is 0 Å². The van der Waals surface area contributed by atoms with Gasteiger partial charge in [0, 0.05) is 0 Å². The minimum Gasteiger partial charge on any atom is -0.317 e. The summed E-state index contributed by atoms with van der Waals surface area (Å²) in [5.41, 5.74) is 0. The molecular formula is C26H58NO4P. The van der Waals surface area contributed by atoms with E-state index in [2.05, 4.69) is 30.6 Å². The lowest BCUT2D eigenvalue weighted by atomic mass is 10.1. The molecular weight excluding hydrogens is 421 g/mol. The lowest BCUT2D eigenvalue weighted by Gasteiger charge is -2.04. The van der Waals surface area contributed by atoms with E-state index in [0.717, 1.165) is 19.3 Å². The molecule has 0 rings (SSSR count). The summed E-state index contributed by atoms with van der Waals surface area (Å²) in [4.78, 5) is 16.8. The van der Waals surface area contributed by atoms with Crippen LogP contribution in [0.2, 0.25) is 0 Å². The van der Waals surface area contributed by atoms with Crippen LogP contribution in [0.15, 0.2) is 0 Å². The first-order chi connectivity index (χ1) is 15.5. The molecule has 5 nitrogen and oxygen atoms in total. The molecule has 0 spiro atoms. The van der Waals surface area contributed by atoms with Gasteiger partial charge < -0.3 is 15.1 Å². The van der Waals surface area contributed by atoms with Crippen LogP contribution in [-0.2, 0) is 9.09 Å². The van der Waals surface area contributed by atoms with Crippen LogP contribution in [0.3, 0.4) is 0 Å². The monoisotopic (exact) mass is 479 g/mol. The first-order valence-corrected chi connectivity index (χ1v) is 15.4. The Hall–Kier alpha value is 0.0700. The van der Waals surface area contributed by atoms with Crippen molar-refractivity contribution in [1.29, 1.82) is 0 Å². The standard InChI is InChI=1S/C16H35N.C10H23O4P/c1-3-5-7-9-11-13-15-17-16-14-12-10-8-6-4-2;1-2-3-4-5-6-7-8-9-10-14-15(11,12)13/h17H,3-16H2,1-2H3;2-10H2,1H3,(H2,11,12,13). The number of rotatable bonds is 24. The first kappa shape index (κ1) is 34.2. The van der Waals surface area contributed by atoms with Crippen LogP contribution in [0.4, 0.5) is 0 Å². The SMILES string of the molecule is CCCCCCCCCCOP(=O)(O)O.CCCCCCCCNCCCCCCCC. The second-order valence-corrected chi connectivity index (χ2v) is 10.3. The quantitative estimate of drug-likeness (QED) is 0.0954. The molecule has 0 amide bonds. The Bertz CT molecular complexity index is 363. The maximum atomic E-state index is 10.3. The van der Waals surface area contributed by atoms with Gasteiger partial charge in [0.25, 0.3) is 0 Å². The zero-order valence-electron chi connectivity index (χ0n) is 21.9. The van der Waals surface area contributed by atoms with E-state index in [1.807, 2.05) is 0 Å². The van der Waals surface area contributed by atoms with Crippen molar-refractivity contribution in [2.75, 3.05) is 19.7 Å². The Labute approximate surface area is 201 Å². The largest absolute Gasteiger partial charge is 0.469 e. The number of phosphoric acid groups is 1. The highest BCUT2D eigenvalue weighted by molar-refractivity contribution is 7.46. The predicted octanol–water partition coefficient (Wildman–Crippen LogP) is 8.53. The second-order valence-electron chi connectivity index (χ2n) is 9.08. The predicted molar refractivity (Wildman–Crippen MR) is 140 cm³/mol. The Kier molecular flexibility index (Phi) is 31.1. The Balaban J connectivity index is 0. The molecule has 0 aliphatic heterocycles. The van der Waals surface area contributed by atoms with E-state index in [1.165, 1.54) is 122 Å². The summed E-state index contributed by atoms with van der Waals surface area (Å²) in [5, 5.41) is 3.57. The molecule has 6 heteroatoms. The van der Waals surface area contributed by atoms with Gasteiger partial charge in [-0.25, -0.2) is 4.57 Å². The summed E-state index contributed by atoms with van der Waals surface area (Å²) < 4.78 is 14.7. The summed E-state index contributed by atoms with van der Waals surface area (Å²) in [5.74, 6) is 0. The fourth-order valence-electron chi connectivity index (χ4n) is 3.61. The summed E-state index contributed by atoms with van der Waals surface area (Å²) in [7, 11) is -4.24. The number of phosphoric ester groups is 1. The molecule has 0 radical (unpaired) electrons. The third-order valence-electron chi connectivity index (χ3n) is 5.67. The van der Waals surface area contributed by atoms with Gasteiger partial charge in [-0.3, -0.25) is 4.52 Å². The van der Waals surface area contributed by atoms with Crippen LogP contribution in [0.5, 0.6) is 0 Å². The van der Waals surface area contributed by atoms with Crippen LogP contribution in [-0.4, -0.2) is 29.5 Å². The van der Waals surface area contributed by atoms with Crippen LogP contribution < -0.4 is 5.32 Å². The summed E-state index contributed by atoms with van der Waals surface area (Å²) in [6, 6.07) is 0. The molecule has 0 aromatic carbocycles. The van der Waals surface area contributed by atoms with Gasteiger partial charge in [0.2, 0.25) is 0 Å². The average molecular weight is 480 g/mol. The smallest absolute Gasteiger partial charge is 0.317 e. The van der Waals surface area contributed by atoms with Gasteiger partial charge in [-0.1, -0.05) is 130 Å². The lowest BCUT2D eigenvalue weighted by molar-refractivity contribution is 0.193. The highest BCUT2D eigenvalue weighted by Crippen LogP contribution is 2.35. The lowest BCUT2D eigenvalue weighted by Crippen LogP contribution is -2.16. The molecule has 0 aliphatic carbocycles. The summed E-state index contributed by atoms with van der Waals surface area (Å²) >= 11 is 0. The molecule has 0 aliphatic rings. The highest BCUT2D eigenvalue weighted by Gasteiger charge is 2.12. The van der Waals surface area contributed by atoms with Gasteiger partial charge in [0.05, 0.1) is 6.61 Å². The fraction of sp³-hybridized carbons (Fsp3) is 1.00. The van der Waals surface area contributed by atoms with Gasteiger partial charge >= 0.3 is 7.82 Å². The molecule has 196 valence electrons. The maximum absolute atomic E-state index is 10.3. The highest BCUT2D eigenvalue weighted by atomic mass is 31.2. The van der Waals surface area contributed by atoms with Crippen molar-refractivity contribution >= 4 is 7.82 Å². The van der Waals surface area contributed by atoms with Crippen LogP contribution in [0, 0.1) is 0 Å². The minimum absolute atomic E-state index is 0.166. The topological polar surface area (TPSA) is 78.8 Å². The average Bonchev–Trinajstić information content (AvgIpc) is 2.75. The number of hydrogen-bond acceptors (Lipinski definition) is 3. The Morgan fingerprint density at radius 1 is 0.531 bits per heavy atom. The normalized spacial score (nSPS) is 11.4. The Morgan fingerprint density at radius 3 is 1.19 bits per heavy atom. The molecule has 0 saturated heterocycles. The third kappa shape index (κ3) is 37.4. The molecule has 0 unspecified atom stereocenters. The van der Waals surface area contributed by atoms with E-state index in [-0.39, 0.29) is 6.61 Å². The van der Waals surface area contributed by atoms with Crippen molar-refractivity contribution in [2.45, 2.75) is 149 Å². The maximum Gasteiger partial charge on any atom is 0.469 e. The van der Waals surface area contributed by atoms with Crippen molar-refractivity contribution < 1.29 is 18.9 Å². The zero-order chi connectivity index (χ0) is 24.2. The molecule has 3 N–H and O–H groups in total. The Morgan fingerprint density at radius 2 is 0.844 bits per heavy atom. The fourth-order valence-corrected chi connectivity index (χ4v) is 3.97. The van der Waals surface area contributed by atoms with E-state index in [4.69, 9.17) is 9.79 Å². The second kappa shape index (κ2) is 29.1. The van der Waals surface area contributed by atoms with Crippen molar-refractivity contribution in [3.05, 3.63) is 0 Å². The number of nitrogens with one attached hydrogen (secondary N) is 1. The van der Waals surface area contributed by atoms with Crippen molar-refractivity contribution in [1.82, 2.24) is 5.32 Å². The van der Waals surface area contributed by atoms with Gasteiger partial charge in [-0.2, -0.15) is 0 Å². The van der Waals surface area contributed by atoms with E-state index in [1.54, 1.807) is 0 Å². The van der Waals surface area contributed by atoms with Crippen molar-refractivity contribution in [3.63, 3.8) is 0 Å². The molecule has 32 heavy (non-hydrogen) atoms. The number of hydrogen-bond donors (Lipinski definition) is 3. The van der Waals surface area contributed by atoms with E-state index < -0.39 is 7.82 Å². The van der Waals surface area contributed by atoms with Crippen molar-refractivity contribution in [3.8, 4) is 0 Å². The van der Waals surface area contributed by atoms with Crippen LogP contribution in [0.1, 0.15) is 149 Å². The van der Waals surface area contributed by atoms with Gasteiger partial charge in [0.1, 0.15) is 0 Å². The summed E-state index contributed by atoms with van der Waals surface area (Å²) in [6.07, 6.45) is 26.1. The van der Waals surface area contributed by atoms with Gasteiger partial charge in [-0.05, 0) is 32.4 Å². The van der Waals surface area contributed by atoms with E-state index in [9.17, 15) is 4.57 Å². The molecule has 0 aromatic rings. The third-order valence-corrected chi connectivity index (χ3v) is 6.19. The zero-order valence-corrected chi connectivity index (χ0v) is 22.8. The first-order valence-electron chi connectivity index (χ1n) is 13.9. The van der Waals surface area contributed by atoms with E-state index in [0.29, 0.717) is 0 Å². The van der Waals surface area contributed by atoms with Crippen molar-refractivity contribution in [2.24, 2.45) is 0 Å². The van der Waals surface area contributed by atoms with E-state index >= 15 is 0 Å². The molecule has 0 saturated carbocycles. The molecule has 0 heterocycles. The minimum atomic E-state index is -4.24. The molecule has 0 bridgehead atoms. The van der Waals surface area contributed by atoms with Gasteiger partial charge in [-0.15, -0.1) is 0 Å². The molecule has 0 fully saturated rings. The molecule has 0 atom stereocenters. The summed E-state index contributed by atoms with van der Waals surface area (Å²) in [6.45, 7) is 9.39. The number of unbranched alkanes of at least 4 members (excludes halogenated alkanes) is 17.